The van der Waals surface area contributed by atoms with Crippen LogP contribution < -0.4 is 19.1 Å². The van der Waals surface area contributed by atoms with Gasteiger partial charge in [-0.15, -0.1) is 0 Å². The molecule has 6 heteroatoms. The third-order valence-electron chi connectivity index (χ3n) is 5.87. The SMILES string of the molecule is CCOc1cc(/C=C(\C#N)C(=O)N2CCc3ccccc32)ccc1OCCCOc1cccc(C)c1. The number of hydrogen-bond acceptors (Lipinski definition) is 5. The Morgan fingerprint density at radius 1 is 1.00 bits per heavy atom. The Morgan fingerprint density at radius 2 is 1.83 bits per heavy atom. The van der Waals surface area contributed by atoms with Crippen LogP contribution in [0.25, 0.3) is 6.08 Å². The van der Waals surface area contributed by atoms with Crippen molar-refractivity contribution >= 4 is 17.7 Å². The average molecular weight is 483 g/mol. The van der Waals surface area contributed by atoms with Crippen LogP contribution in [0.3, 0.4) is 0 Å². The van der Waals surface area contributed by atoms with E-state index in [0.717, 1.165) is 29.0 Å². The van der Waals surface area contributed by atoms with E-state index in [4.69, 9.17) is 14.2 Å². The van der Waals surface area contributed by atoms with Crippen LogP contribution in [0.15, 0.2) is 72.3 Å². The van der Waals surface area contributed by atoms with E-state index in [2.05, 4.69) is 6.07 Å². The summed E-state index contributed by atoms with van der Waals surface area (Å²) in [7, 11) is 0. The molecule has 1 aliphatic rings. The van der Waals surface area contributed by atoms with Crippen molar-refractivity contribution in [2.45, 2.75) is 26.7 Å². The van der Waals surface area contributed by atoms with E-state index >= 15 is 0 Å². The van der Waals surface area contributed by atoms with Gasteiger partial charge in [-0.05, 0) is 73.4 Å². The maximum Gasteiger partial charge on any atom is 0.268 e. The highest BCUT2D eigenvalue weighted by Gasteiger charge is 2.26. The van der Waals surface area contributed by atoms with Gasteiger partial charge in [0.1, 0.15) is 17.4 Å². The van der Waals surface area contributed by atoms with Gasteiger partial charge >= 0.3 is 0 Å². The van der Waals surface area contributed by atoms with Crippen LogP contribution in [0.1, 0.15) is 30.0 Å². The number of anilines is 1. The van der Waals surface area contributed by atoms with E-state index in [1.54, 1.807) is 17.0 Å². The highest BCUT2D eigenvalue weighted by Crippen LogP contribution is 2.31. The van der Waals surface area contributed by atoms with Gasteiger partial charge in [0, 0.05) is 18.7 Å². The summed E-state index contributed by atoms with van der Waals surface area (Å²) in [5, 5.41) is 9.72. The molecule has 0 atom stereocenters. The van der Waals surface area contributed by atoms with Gasteiger partial charge in [0.25, 0.3) is 5.91 Å². The molecule has 0 bridgehead atoms. The van der Waals surface area contributed by atoms with Crippen molar-refractivity contribution in [2.75, 3.05) is 31.3 Å². The first kappa shape index (κ1) is 24.9. The van der Waals surface area contributed by atoms with Crippen molar-refractivity contribution in [2.24, 2.45) is 0 Å². The number of nitrogens with zero attached hydrogens (tertiary/aromatic N) is 2. The van der Waals surface area contributed by atoms with E-state index in [0.29, 0.717) is 49.8 Å². The van der Waals surface area contributed by atoms with Crippen molar-refractivity contribution < 1.29 is 19.0 Å². The normalized spacial score (nSPS) is 12.6. The number of amides is 1. The molecule has 1 amide bonds. The highest BCUT2D eigenvalue weighted by atomic mass is 16.5. The summed E-state index contributed by atoms with van der Waals surface area (Å²) in [5.74, 6) is 1.74. The molecule has 36 heavy (non-hydrogen) atoms. The second-order valence-corrected chi connectivity index (χ2v) is 8.51. The van der Waals surface area contributed by atoms with Crippen LogP contribution in [-0.2, 0) is 11.2 Å². The molecule has 3 aromatic rings. The van der Waals surface area contributed by atoms with Crippen LogP contribution in [0.2, 0.25) is 0 Å². The lowest BCUT2D eigenvalue weighted by Crippen LogP contribution is -2.29. The number of nitriles is 1. The van der Waals surface area contributed by atoms with Gasteiger partial charge in [-0.1, -0.05) is 36.4 Å². The minimum absolute atomic E-state index is 0.0797. The number of hydrogen-bond donors (Lipinski definition) is 0. The fraction of sp³-hybridized carbons (Fsp3) is 0.267. The highest BCUT2D eigenvalue weighted by molar-refractivity contribution is 6.12. The smallest absolute Gasteiger partial charge is 0.268 e. The molecule has 0 aliphatic carbocycles. The largest absolute Gasteiger partial charge is 0.493 e. The summed E-state index contributed by atoms with van der Waals surface area (Å²) in [5.41, 5.74) is 3.93. The summed E-state index contributed by atoms with van der Waals surface area (Å²) in [6.07, 6.45) is 3.11. The molecule has 0 radical (unpaired) electrons. The molecule has 1 aliphatic heterocycles. The number of fused-ring (bicyclic) bond motifs is 1. The Balaban J connectivity index is 1.40. The number of carbonyl (C=O) groups is 1. The van der Waals surface area contributed by atoms with E-state index in [-0.39, 0.29) is 11.5 Å². The quantitative estimate of drug-likeness (QED) is 0.209. The topological polar surface area (TPSA) is 71.8 Å². The van der Waals surface area contributed by atoms with Gasteiger partial charge in [-0.3, -0.25) is 4.79 Å². The monoisotopic (exact) mass is 482 g/mol. The number of aryl methyl sites for hydroxylation is 1. The van der Waals surface area contributed by atoms with Gasteiger partial charge in [-0.2, -0.15) is 5.26 Å². The molecule has 0 saturated heterocycles. The standard InChI is InChI=1S/C30H30N2O4/c1-3-34-29-20-23(12-13-28(29)36-17-7-16-35-26-10-6-8-22(2)18-26)19-25(21-31)30(33)32-15-14-24-9-4-5-11-27(24)32/h4-6,8-13,18-20H,3,7,14-17H2,1-2H3/b25-19+. The minimum Gasteiger partial charge on any atom is -0.493 e. The zero-order valence-electron chi connectivity index (χ0n) is 20.7. The number of ether oxygens (including phenoxy) is 3. The Kier molecular flexibility index (Phi) is 8.25. The van der Waals surface area contributed by atoms with Gasteiger partial charge < -0.3 is 19.1 Å². The van der Waals surface area contributed by atoms with Gasteiger partial charge in [-0.25, -0.2) is 0 Å². The summed E-state index contributed by atoms with van der Waals surface area (Å²) < 4.78 is 17.5. The van der Waals surface area contributed by atoms with E-state index in [1.807, 2.05) is 74.5 Å². The zero-order chi connectivity index (χ0) is 25.3. The molecule has 184 valence electrons. The molecule has 1 heterocycles. The fourth-order valence-corrected chi connectivity index (χ4v) is 4.14. The Bertz CT molecular complexity index is 1290. The first-order valence-electron chi connectivity index (χ1n) is 12.2. The number of para-hydroxylation sites is 1. The Hall–Kier alpha value is -4.24. The molecule has 3 aromatic carbocycles. The van der Waals surface area contributed by atoms with Gasteiger partial charge in [0.2, 0.25) is 0 Å². The van der Waals surface area contributed by atoms with Crippen LogP contribution >= 0.6 is 0 Å². The lowest BCUT2D eigenvalue weighted by atomic mass is 10.1. The van der Waals surface area contributed by atoms with Gasteiger partial charge in [0.05, 0.1) is 19.8 Å². The lowest BCUT2D eigenvalue weighted by molar-refractivity contribution is -0.114. The molecule has 0 unspecified atom stereocenters. The predicted octanol–water partition coefficient (Wildman–Crippen LogP) is 5.74. The van der Waals surface area contributed by atoms with Crippen LogP contribution in [0.5, 0.6) is 17.2 Å². The van der Waals surface area contributed by atoms with E-state index in [1.165, 1.54) is 0 Å². The number of rotatable bonds is 10. The lowest BCUT2D eigenvalue weighted by Gasteiger charge is -2.17. The van der Waals surface area contributed by atoms with Crippen LogP contribution in [-0.4, -0.2) is 32.3 Å². The second kappa shape index (κ2) is 11.9. The molecule has 4 rings (SSSR count). The van der Waals surface area contributed by atoms with Crippen molar-refractivity contribution in [1.29, 1.82) is 5.26 Å². The maximum atomic E-state index is 13.1. The van der Waals surface area contributed by atoms with E-state index < -0.39 is 0 Å². The average Bonchev–Trinajstić information content (AvgIpc) is 3.32. The van der Waals surface area contributed by atoms with Gasteiger partial charge in [0.15, 0.2) is 11.5 Å². The molecule has 0 fully saturated rings. The minimum atomic E-state index is -0.297. The van der Waals surface area contributed by atoms with Crippen molar-refractivity contribution in [3.05, 3.63) is 89.0 Å². The van der Waals surface area contributed by atoms with Crippen molar-refractivity contribution in [3.63, 3.8) is 0 Å². The summed E-state index contributed by atoms with van der Waals surface area (Å²) in [4.78, 5) is 14.8. The summed E-state index contributed by atoms with van der Waals surface area (Å²) >= 11 is 0. The number of carbonyl (C=O) groups excluding carboxylic acids is 1. The Morgan fingerprint density at radius 3 is 2.64 bits per heavy atom. The van der Waals surface area contributed by atoms with Crippen LogP contribution in [0.4, 0.5) is 5.69 Å². The van der Waals surface area contributed by atoms with Crippen molar-refractivity contribution in [1.82, 2.24) is 0 Å². The first-order valence-corrected chi connectivity index (χ1v) is 12.2. The summed E-state index contributed by atoms with van der Waals surface area (Å²) in [6, 6.07) is 23.2. The molecule has 6 nitrogen and oxygen atoms in total. The summed E-state index contributed by atoms with van der Waals surface area (Å²) in [6.45, 7) is 5.98. The molecular formula is C30H30N2O4. The molecule has 0 spiro atoms. The fourth-order valence-electron chi connectivity index (χ4n) is 4.14. The third-order valence-corrected chi connectivity index (χ3v) is 5.87. The maximum absolute atomic E-state index is 13.1. The first-order chi connectivity index (χ1) is 17.6. The molecular weight excluding hydrogens is 452 g/mol. The third kappa shape index (κ3) is 6.05. The molecule has 0 N–H and O–H groups in total. The number of benzene rings is 3. The molecule has 0 saturated carbocycles. The van der Waals surface area contributed by atoms with Crippen LogP contribution in [0, 0.1) is 18.3 Å². The predicted molar refractivity (Wildman–Crippen MR) is 140 cm³/mol. The van der Waals surface area contributed by atoms with Crippen molar-refractivity contribution in [3.8, 4) is 23.3 Å². The van der Waals surface area contributed by atoms with E-state index in [9.17, 15) is 10.1 Å². The molecule has 0 aromatic heterocycles. The Labute approximate surface area is 212 Å². The second-order valence-electron chi connectivity index (χ2n) is 8.51. The zero-order valence-corrected chi connectivity index (χ0v) is 20.7.